The van der Waals surface area contributed by atoms with E-state index in [1.807, 2.05) is 11.0 Å². The summed E-state index contributed by atoms with van der Waals surface area (Å²) < 4.78 is 44.6. The Hall–Kier alpha value is -3.92. The number of hydrogen-bond donors (Lipinski definition) is 2. The normalized spacial score (nSPS) is 14.5. The lowest BCUT2D eigenvalue weighted by Gasteiger charge is -2.26. The van der Waals surface area contributed by atoms with Crippen LogP contribution in [0.25, 0.3) is 22.1 Å². The van der Waals surface area contributed by atoms with E-state index in [4.69, 9.17) is 0 Å². The van der Waals surface area contributed by atoms with Gasteiger partial charge in [0.25, 0.3) is 11.5 Å². The quantitative estimate of drug-likeness (QED) is 0.452. The summed E-state index contributed by atoms with van der Waals surface area (Å²) in [4.78, 5) is 32.2. The Kier molecular flexibility index (Phi) is 5.45. The van der Waals surface area contributed by atoms with Gasteiger partial charge in [-0.05, 0) is 36.3 Å². The minimum absolute atomic E-state index is 0.00605. The van der Waals surface area contributed by atoms with Gasteiger partial charge in [0.1, 0.15) is 17.0 Å². The predicted octanol–water partition coefficient (Wildman–Crippen LogP) is 3.24. The van der Waals surface area contributed by atoms with Crippen molar-refractivity contribution in [1.82, 2.24) is 24.6 Å². The number of nitrogens with one attached hydrogen (secondary N) is 2. The third kappa shape index (κ3) is 3.75. The molecule has 0 atom stereocenters. The van der Waals surface area contributed by atoms with Crippen molar-refractivity contribution in [2.24, 2.45) is 0 Å². The van der Waals surface area contributed by atoms with Crippen LogP contribution < -0.4 is 10.9 Å². The predicted molar refractivity (Wildman–Crippen MR) is 121 cm³/mol. The highest BCUT2D eigenvalue weighted by atomic mass is 19.1. The summed E-state index contributed by atoms with van der Waals surface area (Å²) in [5, 5.41) is 2.41. The molecule has 7 nitrogen and oxygen atoms in total. The van der Waals surface area contributed by atoms with Crippen LogP contribution in [-0.4, -0.2) is 45.3 Å². The molecule has 174 valence electrons. The average Bonchev–Trinajstić information content (AvgIpc) is 3.22. The highest BCUT2D eigenvalue weighted by Gasteiger charge is 2.20. The van der Waals surface area contributed by atoms with Crippen LogP contribution in [0.5, 0.6) is 0 Å². The minimum atomic E-state index is -0.710. The van der Waals surface area contributed by atoms with Gasteiger partial charge in [0.2, 0.25) is 5.95 Å². The van der Waals surface area contributed by atoms with E-state index in [1.165, 1.54) is 29.8 Å². The first-order chi connectivity index (χ1) is 16.4. The molecule has 0 bridgehead atoms. The fourth-order valence-corrected chi connectivity index (χ4v) is 4.31. The molecule has 2 N–H and O–H groups in total. The Morgan fingerprint density at radius 2 is 2.00 bits per heavy atom. The molecular weight excluding hydrogens is 447 g/mol. The number of H-pyrrole nitrogens is 1. The van der Waals surface area contributed by atoms with E-state index in [1.54, 1.807) is 12.1 Å². The lowest BCUT2D eigenvalue weighted by atomic mass is 10.00. The molecule has 1 aromatic carbocycles. The van der Waals surface area contributed by atoms with Crippen molar-refractivity contribution < 1.29 is 18.0 Å². The lowest BCUT2D eigenvalue weighted by Crippen LogP contribution is -2.28. The van der Waals surface area contributed by atoms with Crippen molar-refractivity contribution >= 4 is 28.0 Å². The van der Waals surface area contributed by atoms with E-state index in [-0.39, 0.29) is 17.8 Å². The van der Waals surface area contributed by atoms with Crippen molar-refractivity contribution in [2.75, 3.05) is 20.1 Å². The molecule has 1 aliphatic rings. The van der Waals surface area contributed by atoms with Gasteiger partial charge < -0.3 is 14.7 Å². The van der Waals surface area contributed by atoms with Crippen LogP contribution in [0.1, 0.15) is 28.0 Å². The molecule has 10 heteroatoms. The van der Waals surface area contributed by atoms with Gasteiger partial charge in [-0.1, -0.05) is 6.08 Å². The smallest absolute Gasteiger partial charge is 0.275 e. The Balaban J connectivity index is 1.37. The summed E-state index contributed by atoms with van der Waals surface area (Å²) in [5.41, 5.74) is 1.52. The molecule has 1 aliphatic heterocycles. The van der Waals surface area contributed by atoms with Crippen LogP contribution >= 0.6 is 0 Å². The van der Waals surface area contributed by atoms with E-state index < -0.39 is 29.0 Å². The number of carbonyl (C=O) groups excluding carboxylic acids is 1. The van der Waals surface area contributed by atoms with Gasteiger partial charge in [-0.2, -0.15) is 4.39 Å². The van der Waals surface area contributed by atoms with Crippen molar-refractivity contribution in [2.45, 2.75) is 13.0 Å². The minimum Gasteiger partial charge on any atom is -0.354 e. The SMILES string of the molecule is CNC(=O)c1ccc(C2=CCN(Cc3cc4[nH]c(=O)c5c(F)ccn5c4cc3F)CC2)c(F)n1. The number of rotatable bonds is 4. The van der Waals surface area contributed by atoms with Crippen LogP contribution in [0.4, 0.5) is 13.2 Å². The summed E-state index contributed by atoms with van der Waals surface area (Å²) >= 11 is 0. The van der Waals surface area contributed by atoms with Crippen LogP contribution in [-0.2, 0) is 6.54 Å². The number of fused-ring (bicyclic) bond motifs is 3. The van der Waals surface area contributed by atoms with Crippen molar-refractivity contribution in [1.29, 1.82) is 0 Å². The first kappa shape index (κ1) is 21.9. The number of hydrogen-bond acceptors (Lipinski definition) is 4. The standard InChI is InChI=1S/C24H20F3N5O2/c1-28-23(33)18-3-2-15(22(27)29-18)13-4-7-31(8-5-13)12-14-10-19-20(11-17(14)26)32-9-6-16(25)21(32)24(34)30-19/h2-4,6,9-11H,5,7-8,12H2,1H3,(H,28,33)(H,30,34). The fraction of sp³-hybridized carbons (Fsp3) is 0.208. The molecule has 4 aromatic rings. The molecule has 4 heterocycles. The molecule has 0 spiro atoms. The first-order valence-corrected chi connectivity index (χ1v) is 10.7. The lowest BCUT2D eigenvalue weighted by molar-refractivity contribution is 0.0957. The largest absolute Gasteiger partial charge is 0.354 e. The van der Waals surface area contributed by atoms with Crippen LogP contribution in [0, 0.1) is 17.6 Å². The van der Waals surface area contributed by atoms with E-state index in [0.29, 0.717) is 41.7 Å². The number of amides is 1. The summed E-state index contributed by atoms with van der Waals surface area (Å²) in [6, 6.07) is 7.02. The maximum Gasteiger partial charge on any atom is 0.275 e. The summed E-state index contributed by atoms with van der Waals surface area (Å²) in [6.45, 7) is 1.29. The Morgan fingerprint density at radius 1 is 1.18 bits per heavy atom. The van der Waals surface area contributed by atoms with Gasteiger partial charge in [0.05, 0.1) is 11.0 Å². The van der Waals surface area contributed by atoms with Crippen molar-refractivity contribution in [3.05, 3.63) is 87.4 Å². The number of nitrogens with zero attached hydrogens (tertiary/aromatic N) is 3. The molecule has 5 rings (SSSR count). The van der Waals surface area contributed by atoms with E-state index in [0.717, 1.165) is 11.6 Å². The third-order valence-corrected chi connectivity index (χ3v) is 6.07. The van der Waals surface area contributed by atoms with Crippen molar-refractivity contribution in [3.63, 3.8) is 0 Å². The number of benzene rings is 1. The highest BCUT2D eigenvalue weighted by Crippen LogP contribution is 2.26. The zero-order valence-corrected chi connectivity index (χ0v) is 18.2. The van der Waals surface area contributed by atoms with Gasteiger partial charge in [-0.3, -0.25) is 14.5 Å². The molecule has 1 amide bonds. The Bertz CT molecular complexity index is 1540. The maximum absolute atomic E-state index is 14.9. The van der Waals surface area contributed by atoms with Gasteiger partial charge >= 0.3 is 0 Å². The number of halogens is 3. The number of pyridine rings is 1. The molecule has 0 aliphatic carbocycles. The second kappa shape index (κ2) is 8.45. The molecule has 0 radical (unpaired) electrons. The first-order valence-electron chi connectivity index (χ1n) is 10.7. The van der Waals surface area contributed by atoms with Crippen LogP contribution in [0.2, 0.25) is 0 Å². The van der Waals surface area contributed by atoms with Crippen LogP contribution in [0.15, 0.2) is 47.4 Å². The zero-order chi connectivity index (χ0) is 24.0. The molecular formula is C24H20F3N5O2. The zero-order valence-electron chi connectivity index (χ0n) is 18.2. The summed E-state index contributed by atoms with van der Waals surface area (Å²) in [6.07, 6.45) is 3.77. The van der Waals surface area contributed by atoms with Crippen LogP contribution in [0.3, 0.4) is 0 Å². The maximum atomic E-state index is 14.9. The number of aromatic amines is 1. The molecule has 34 heavy (non-hydrogen) atoms. The third-order valence-electron chi connectivity index (χ3n) is 6.07. The Labute approximate surface area is 191 Å². The molecule has 0 saturated carbocycles. The topological polar surface area (TPSA) is 82.5 Å². The fourth-order valence-electron chi connectivity index (χ4n) is 4.31. The summed E-state index contributed by atoms with van der Waals surface area (Å²) in [7, 11) is 1.45. The molecule has 3 aromatic heterocycles. The highest BCUT2D eigenvalue weighted by molar-refractivity contribution is 5.92. The average molecular weight is 467 g/mol. The second-order valence-electron chi connectivity index (χ2n) is 8.13. The number of aromatic nitrogens is 3. The molecule has 0 saturated heterocycles. The van der Waals surface area contributed by atoms with Gasteiger partial charge in [-0.25, -0.2) is 13.8 Å². The molecule has 0 fully saturated rings. The van der Waals surface area contributed by atoms with Gasteiger partial charge in [0.15, 0.2) is 5.82 Å². The van der Waals surface area contributed by atoms with Crippen molar-refractivity contribution in [3.8, 4) is 0 Å². The van der Waals surface area contributed by atoms with E-state index in [9.17, 15) is 22.8 Å². The van der Waals surface area contributed by atoms with Gasteiger partial charge in [-0.15, -0.1) is 0 Å². The van der Waals surface area contributed by atoms with E-state index in [2.05, 4.69) is 15.3 Å². The molecule has 0 unspecified atom stereocenters. The number of carbonyl (C=O) groups is 1. The van der Waals surface area contributed by atoms with E-state index >= 15 is 0 Å². The monoisotopic (exact) mass is 467 g/mol. The summed E-state index contributed by atoms with van der Waals surface area (Å²) in [5.74, 6) is -2.31. The van der Waals surface area contributed by atoms with Gasteiger partial charge in [0, 0.05) is 50.1 Å². The Morgan fingerprint density at radius 3 is 2.71 bits per heavy atom. The second-order valence-corrected chi connectivity index (χ2v) is 8.13.